The minimum atomic E-state index is -0.444. The van der Waals surface area contributed by atoms with Gasteiger partial charge in [-0.05, 0) is 50.3 Å². The van der Waals surface area contributed by atoms with Crippen LogP contribution in [-0.4, -0.2) is 23.6 Å². The van der Waals surface area contributed by atoms with E-state index in [4.69, 9.17) is 13.7 Å². The number of carbonyl (C=O) groups excluding carboxylic acids is 2. The Kier molecular flexibility index (Phi) is 4.81. The number of fused-ring (bicyclic) bond motifs is 1. The fourth-order valence-corrected chi connectivity index (χ4v) is 4.43. The van der Waals surface area contributed by atoms with Gasteiger partial charge in [0.25, 0.3) is 5.91 Å². The number of thiophene rings is 1. The van der Waals surface area contributed by atoms with Crippen molar-refractivity contribution < 1.29 is 23.3 Å². The normalized spacial score (nSPS) is 13.2. The lowest BCUT2D eigenvalue weighted by molar-refractivity contribution is 0.0526. The maximum absolute atomic E-state index is 12.6. The molecule has 1 N–H and O–H groups in total. The van der Waals surface area contributed by atoms with E-state index in [1.54, 1.807) is 19.1 Å². The molecule has 0 saturated carbocycles. The number of rotatable bonds is 5. The molecule has 8 heteroatoms. The van der Waals surface area contributed by atoms with Gasteiger partial charge in [-0.1, -0.05) is 5.16 Å². The SMILES string of the molecule is CCOC(=O)c1c(NC(=O)c2cc(-c3ccco3)on2)sc2c1CCCC2. The first-order valence-electron chi connectivity index (χ1n) is 8.81. The molecule has 3 aromatic heterocycles. The van der Waals surface area contributed by atoms with Crippen molar-refractivity contribution in [3.63, 3.8) is 0 Å². The number of hydrogen-bond acceptors (Lipinski definition) is 7. The van der Waals surface area contributed by atoms with Gasteiger partial charge in [-0.3, -0.25) is 4.79 Å². The van der Waals surface area contributed by atoms with E-state index in [-0.39, 0.29) is 12.3 Å². The largest absolute Gasteiger partial charge is 0.462 e. The van der Waals surface area contributed by atoms with Crippen LogP contribution >= 0.6 is 11.3 Å². The molecule has 1 aliphatic rings. The number of anilines is 1. The predicted octanol–water partition coefficient (Wildman–Crippen LogP) is 4.30. The molecule has 4 rings (SSSR count). The highest BCUT2D eigenvalue weighted by Gasteiger charge is 2.28. The Morgan fingerprint density at radius 3 is 2.93 bits per heavy atom. The molecule has 0 aromatic carbocycles. The summed E-state index contributed by atoms with van der Waals surface area (Å²) in [6.45, 7) is 2.05. The minimum Gasteiger partial charge on any atom is -0.462 e. The van der Waals surface area contributed by atoms with E-state index < -0.39 is 11.9 Å². The number of hydrogen-bond donors (Lipinski definition) is 1. The molecule has 0 fully saturated rings. The van der Waals surface area contributed by atoms with Gasteiger partial charge in [0.15, 0.2) is 11.5 Å². The van der Waals surface area contributed by atoms with Crippen LogP contribution in [0.4, 0.5) is 5.00 Å². The van der Waals surface area contributed by atoms with Crippen LogP contribution in [0.5, 0.6) is 0 Å². The van der Waals surface area contributed by atoms with Gasteiger partial charge in [0.05, 0.1) is 18.4 Å². The Labute approximate surface area is 159 Å². The number of carbonyl (C=O) groups is 2. The van der Waals surface area contributed by atoms with Gasteiger partial charge in [-0.2, -0.15) is 0 Å². The Morgan fingerprint density at radius 1 is 1.30 bits per heavy atom. The van der Waals surface area contributed by atoms with Gasteiger partial charge in [0, 0.05) is 10.9 Å². The van der Waals surface area contributed by atoms with Crippen molar-refractivity contribution in [2.75, 3.05) is 11.9 Å². The lowest BCUT2D eigenvalue weighted by atomic mass is 9.95. The highest BCUT2D eigenvalue weighted by atomic mass is 32.1. The smallest absolute Gasteiger partial charge is 0.341 e. The molecule has 3 heterocycles. The second-order valence-electron chi connectivity index (χ2n) is 6.14. The van der Waals surface area contributed by atoms with Crippen LogP contribution in [0.3, 0.4) is 0 Å². The molecule has 0 unspecified atom stereocenters. The molecule has 140 valence electrons. The van der Waals surface area contributed by atoms with Gasteiger partial charge in [-0.15, -0.1) is 11.3 Å². The molecule has 0 atom stereocenters. The van der Waals surface area contributed by atoms with E-state index in [1.807, 2.05) is 0 Å². The number of furan rings is 1. The number of aryl methyl sites for hydroxylation is 1. The van der Waals surface area contributed by atoms with E-state index in [0.29, 0.717) is 22.1 Å². The Morgan fingerprint density at radius 2 is 2.15 bits per heavy atom. The van der Waals surface area contributed by atoms with Crippen LogP contribution in [0.1, 0.15) is 51.1 Å². The molecule has 7 nitrogen and oxygen atoms in total. The molecule has 0 saturated heterocycles. The maximum atomic E-state index is 12.6. The van der Waals surface area contributed by atoms with Crippen LogP contribution in [-0.2, 0) is 17.6 Å². The number of esters is 1. The first-order valence-corrected chi connectivity index (χ1v) is 9.62. The highest BCUT2D eigenvalue weighted by molar-refractivity contribution is 7.17. The first-order chi connectivity index (χ1) is 13.2. The van der Waals surface area contributed by atoms with Gasteiger partial charge in [-0.25, -0.2) is 4.79 Å². The third-order valence-electron chi connectivity index (χ3n) is 4.38. The third kappa shape index (κ3) is 3.40. The Balaban J connectivity index is 1.61. The molecule has 0 bridgehead atoms. The third-order valence-corrected chi connectivity index (χ3v) is 5.59. The first kappa shape index (κ1) is 17.5. The molecule has 3 aromatic rings. The van der Waals surface area contributed by atoms with Crippen LogP contribution < -0.4 is 5.32 Å². The molecular formula is C19H18N2O5S. The Bertz CT molecular complexity index is 971. The number of aromatic nitrogens is 1. The molecule has 1 amide bonds. The summed E-state index contributed by atoms with van der Waals surface area (Å²) in [6, 6.07) is 4.94. The number of nitrogens with one attached hydrogen (secondary N) is 1. The van der Waals surface area contributed by atoms with Crippen molar-refractivity contribution in [1.82, 2.24) is 5.16 Å². The zero-order valence-corrected chi connectivity index (χ0v) is 15.6. The van der Waals surface area contributed by atoms with Gasteiger partial charge < -0.3 is 19.0 Å². The fraction of sp³-hybridized carbons (Fsp3) is 0.316. The monoisotopic (exact) mass is 386 g/mol. The lowest BCUT2D eigenvalue weighted by Gasteiger charge is -2.12. The van der Waals surface area contributed by atoms with Crippen molar-refractivity contribution in [1.29, 1.82) is 0 Å². The predicted molar refractivity (Wildman–Crippen MR) is 99.1 cm³/mol. The molecule has 0 aliphatic heterocycles. The fourth-order valence-electron chi connectivity index (χ4n) is 3.16. The molecule has 27 heavy (non-hydrogen) atoms. The van der Waals surface area contributed by atoms with Crippen molar-refractivity contribution in [3.05, 3.63) is 46.2 Å². The summed E-state index contributed by atoms with van der Waals surface area (Å²) in [4.78, 5) is 26.2. The summed E-state index contributed by atoms with van der Waals surface area (Å²) in [5, 5.41) is 7.12. The number of ether oxygens (including phenoxy) is 1. The zero-order chi connectivity index (χ0) is 18.8. The van der Waals surface area contributed by atoms with E-state index in [9.17, 15) is 9.59 Å². The average molecular weight is 386 g/mol. The Hall–Kier alpha value is -2.87. The quantitative estimate of drug-likeness (QED) is 0.657. The molecular weight excluding hydrogens is 368 g/mol. The van der Waals surface area contributed by atoms with Crippen LogP contribution in [0.25, 0.3) is 11.5 Å². The standard InChI is InChI=1S/C19H18N2O5S/c1-2-24-19(23)16-11-6-3-4-8-15(11)27-18(16)20-17(22)12-10-14(26-21-12)13-7-5-9-25-13/h5,7,9-10H,2-4,6,8H2,1H3,(H,20,22). The van der Waals surface area contributed by atoms with E-state index >= 15 is 0 Å². The lowest BCUT2D eigenvalue weighted by Crippen LogP contribution is -2.16. The highest BCUT2D eigenvalue weighted by Crippen LogP contribution is 2.38. The van der Waals surface area contributed by atoms with Gasteiger partial charge >= 0.3 is 5.97 Å². The second kappa shape index (κ2) is 7.40. The zero-order valence-electron chi connectivity index (χ0n) is 14.7. The van der Waals surface area contributed by atoms with E-state index in [0.717, 1.165) is 36.1 Å². The summed E-state index contributed by atoms with van der Waals surface area (Å²) >= 11 is 1.43. The molecule has 0 spiro atoms. The summed E-state index contributed by atoms with van der Waals surface area (Å²) in [5.74, 6) is 0.00548. The summed E-state index contributed by atoms with van der Waals surface area (Å²) in [7, 11) is 0. The summed E-state index contributed by atoms with van der Waals surface area (Å²) < 4.78 is 15.6. The van der Waals surface area contributed by atoms with E-state index in [1.165, 1.54) is 23.7 Å². The number of amides is 1. The molecule has 1 aliphatic carbocycles. The van der Waals surface area contributed by atoms with Crippen LogP contribution in [0.2, 0.25) is 0 Å². The molecule has 0 radical (unpaired) electrons. The second-order valence-corrected chi connectivity index (χ2v) is 7.25. The summed E-state index contributed by atoms with van der Waals surface area (Å²) in [5.41, 5.74) is 1.58. The van der Waals surface area contributed by atoms with Crippen molar-refractivity contribution in [2.24, 2.45) is 0 Å². The van der Waals surface area contributed by atoms with Crippen molar-refractivity contribution >= 4 is 28.2 Å². The van der Waals surface area contributed by atoms with Crippen LogP contribution in [0.15, 0.2) is 33.4 Å². The average Bonchev–Trinajstić information content (AvgIpc) is 3.40. The van der Waals surface area contributed by atoms with Crippen molar-refractivity contribution in [2.45, 2.75) is 32.6 Å². The minimum absolute atomic E-state index is 0.114. The van der Waals surface area contributed by atoms with Crippen LogP contribution in [0, 0.1) is 0 Å². The van der Waals surface area contributed by atoms with E-state index in [2.05, 4.69) is 10.5 Å². The number of nitrogens with zero attached hydrogens (tertiary/aromatic N) is 1. The van der Waals surface area contributed by atoms with Gasteiger partial charge in [0.2, 0.25) is 5.76 Å². The maximum Gasteiger partial charge on any atom is 0.341 e. The van der Waals surface area contributed by atoms with Gasteiger partial charge in [0.1, 0.15) is 5.00 Å². The topological polar surface area (TPSA) is 94.6 Å². The summed E-state index contributed by atoms with van der Waals surface area (Å²) in [6.07, 6.45) is 5.36. The van der Waals surface area contributed by atoms with Crippen molar-refractivity contribution in [3.8, 4) is 11.5 Å².